The lowest BCUT2D eigenvalue weighted by Crippen LogP contribution is -2.43. The number of rotatable bonds is 7. The number of nitrogens with zero attached hydrogens (tertiary/aromatic N) is 2. The number of Topliss-reactive ketones (excluding diaryl/α,β-unsaturated/α-hetero) is 1. The summed E-state index contributed by atoms with van der Waals surface area (Å²) < 4.78 is 1.97. The van der Waals surface area contributed by atoms with E-state index in [2.05, 4.69) is 11.9 Å². The number of nitrogens with one attached hydrogen (secondary N) is 1. The summed E-state index contributed by atoms with van der Waals surface area (Å²) in [5.41, 5.74) is 1.67. The Bertz CT molecular complexity index is 993. The maximum Gasteiger partial charge on any atom is 0.325 e. The fraction of sp³-hybridized carbons (Fsp3) is 0.318. The predicted molar refractivity (Wildman–Crippen MR) is 112 cm³/mol. The van der Waals surface area contributed by atoms with E-state index < -0.39 is 17.5 Å². The highest BCUT2D eigenvalue weighted by Crippen LogP contribution is 2.33. The molecular formula is C22H24ClN3O3. The molecule has 0 saturated carbocycles. The summed E-state index contributed by atoms with van der Waals surface area (Å²) in [5.74, 6) is -0.708. The van der Waals surface area contributed by atoms with Crippen molar-refractivity contribution in [1.29, 1.82) is 0 Å². The fourth-order valence-corrected chi connectivity index (χ4v) is 3.99. The molecule has 1 fully saturated rings. The van der Waals surface area contributed by atoms with E-state index in [1.165, 1.54) is 0 Å². The molecule has 29 heavy (non-hydrogen) atoms. The topological polar surface area (TPSA) is 71.4 Å². The van der Waals surface area contributed by atoms with Gasteiger partial charge in [-0.15, -0.1) is 6.58 Å². The van der Waals surface area contributed by atoms with Crippen molar-refractivity contribution in [3.63, 3.8) is 0 Å². The van der Waals surface area contributed by atoms with Crippen molar-refractivity contribution in [1.82, 2.24) is 14.8 Å². The minimum absolute atomic E-state index is 0.278. The van der Waals surface area contributed by atoms with Crippen LogP contribution in [0.25, 0.3) is 0 Å². The van der Waals surface area contributed by atoms with E-state index >= 15 is 0 Å². The van der Waals surface area contributed by atoms with Gasteiger partial charge in [-0.2, -0.15) is 0 Å². The second kappa shape index (κ2) is 7.87. The van der Waals surface area contributed by atoms with Gasteiger partial charge in [-0.25, -0.2) is 4.79 Å². The lowest BCUT2D eigenvalue weighted by Gasteiger charge is -2.25. The summed E-state index contributed by atoms with van der Waals surface area (Å²) in [4.78, 5) is 39.8. The number of halogens is 1. The first-order chi connectivity index (χ1) is 13.7. The minimum atomic E-state index is -1.19. The van der Waals surface area contributed by atoms with Crippen LogP contribution in [0.4, 0.5) is 4.79 Å². The molecule has 1 unspecified atom stereocenters. The number of hydrogen-bond donors (Lipinski definition) is 1. The molecule has 1 N–H and O–H groups in total. The van der Waals surface area contributed by atoms with Gasteiger partial charge in [-0.05, 0) is 44.0 Å². The van der Waals surface area contributed by atoms with E-state index in [0.29, 0.717) is 29.1 Å². The zero-order valence-corrected chi connectivity index (χ0v) is 17.5. The third-order valence-corrected chi connectivity index (χ3v) is 5.78. The molecule has 152 valence electrons. The van der Waals surface area contributed by atoms with Crippen LogP contribution in [-0.2, 0) is 16.9 Å². The Kier molecular flexibility index (Phi) is 5.66. The number of imide groups is 1. The van der Waals surface area contributed by atoms with Crippen LogP contribution in [0.1, 0.15) is 40.7 Å². The van der Waals surface area contributed by atoms with E-state index in [-0.39, 0.29) is 12.3 Å². The second-order valence-corrected chi connectivity index (χ2v) is 7.63. The maximum absolute atomic E-state index is 13.2. The Hall–Kier alpha value is -2.86. The fourth-order valence-electron chi connectivity index (χ4n) is 3.87. The lowest BCUT2D eigenvalue weighted by atomic mass is 9.87. The van der Waals surface area contributed by atoms with E-state index in [9.17, 15) is 14.4 Å². The zero-order valence-electron chi connectivity index (χ0n) is 16.8. The quantitative estimate of drug-likeness (QED) is 0.424. The highest BCUT2D eigenvalue weighted by molar-refractivity contribution is 6.30. The molecule has 2 aromatic rings. The Balaban J connectivity index is 1.89. The molecule has 0 aliphatic carbocycles. The number of aromatic nitrogens is 1. The Morgan fingerprint density at radius 1 is 1.24 bits per heavy atom. The van der Waals surface area contributed by atoms with Gasteiger partial charge in [0.15, 0.2) is 5.78 Å². The van der Waals surface area contributed by atoms with Crippen molar-refractivity contribution >= 4 is 29.3 Å². The highest BCUT2D eigenvalue weighted by Gasteiger charge is 2.51. The normalized spacial score (nSPS) is 18.8. The first kappa shape index (κ1) is 20.9. The molecule has 1 aliphatic rings. The molecule has 0 bridgehead atoms. The molecule has 1 atom stereocenters. The molecule has 0 radical (unpaired) electrons. The van der Waals surface area contributed by atoms with Crippen LogP contribution in [-0.4, -0.2) is 33.7 Å². The van der Waals surface area contributed by atoms with Crippen molar-refractivity contribution in [2.75, 3.05) is 6.54 Å². The predicted octanol–water partition coefficient (Wildman–Crippen LogP) is 3.98. The van der Waals surface area contributed by atoms with Gasteiger partial charge < -0.3 is 9.88 Å². The third kappa shape index (κ3) is 3.49. The summed E-state index contributed by atoms with van der Waals surface area (Å²) in [7, 11) is 0. The van der Waals surface area contributed by atoms with Crippen molar-refractivity contribution in [2.45, 2.75) is 39.3 Å². The number of hydrogen-bond acceptors (Lipinski definition) is 3. The van der Waals surface area contributed by atoms with E-state index in [0.717, 1.165) is 16.3 Å². The summed E-state index contributed by atoms with van der Waals surface area (Å²) in [6.45, 7) is 9.59. The standard InChI is InChI=1S/C22H24ClN3O3/c1-5-11-25-14(3)12-18(15(25)4)19(27)13-26-20(28)22(6-2,24-21(26)29)16-7-9-17(23)10-8-16/h5,7-10,12H,1,6,11,13H2,2-4H3,(H,24,29). The number of amides is 3. The maximum atomic E-state index is 13.2. The number of allylic oxidation sites excluding steroid dienone is 1. The van der Waals surface area contributed by atoms with Crippen molar-refractivity contribution in [2.24, 2.45) is 0 Å². The average molecular weight is 414 g/mol. The first-order valence-electron chi connectivity index (χ1n) is 9.46. The van der Waals surface area contributed by atoms with Crippen LogP contribution in [0, 0.1) is 13.8 Å². The van der Waals surface area contributed by atoms with Crippen LogP contribution in [0.3, 0.4) is 0 Å². The molecule has 3 amide bonds. The second-order valence-electron chi connectivity index (χ2n) is 7.19. The molecule has 1 aromatic heterocycles. The molecule has 6 nitrogen and oxygen atoms in total. The largest absolute Gasteiger partial charge is 0.345 e. The number of carbonyl (C=O) groups excluding carboxylic acids is 3. The number of carbonyl (C=O) groups is 3. The van der Waals surface area contributed by atoms with Crippen LogP contribution in [0.2, 0.25) is 5.02 Å². The molecule has 1 aliphatic heterocycles. The van der Waals surface area contributed by atoms with Crippen LogP contribution in [0.15, 0.2) is 43.0 Å². The number of benzene rings is 1. The smallest absolute Gasteiger partial charge is 0.325 e. The summed E-state index contributed by atoms with van der Waals surface area (Å²) in [6, 6.07) is 8.01. The number of ketones is 1. The number of urea groups is 1. The van der Waals surface area contributed by atoms with E-state index in [4.69, 9.17) is 11.6 Å². The lowest BCUT2D eigenvalue weighted by molar-refractivity contribution is -0.131. The summed E-state index contributed by atoms with van der Waals surface area (Å²) in [5, 5.41) is 3.33. The van der Waals surface area contributed by atoms with Crippen LogP contribution in [0.5, 0.6) is 0 Å². The third-order valence-electron chi connectivity index (χ3n) is 5.53. The molecule has 1 saturated heterocycles. The SMILES string of the molecule is C=CCn1c(C)cc(C(=O)CN2C(=O)NC(CC)(c3ccc(Cl)cc3)C2=O)c1C. The van der Waals surface area contributed by atoms with Gasteiger partial charge in [0.1, 0.15) is 5.54 Å². The van der Waals surface area contributed by atoms with Crippen molar-refractivity contribution in [3.05, 3.63) is 70.5 Å². The zero-order chi connectivity index (χ0) is 21.3. The molecule has 1 aromatic carbocycles. The van der Waals surface area contributed by atoms with Crippen molar-refractivity contribution in [3.8, 4) is 0 Å². The van der Waals surface area contributed by atoms with E-state index in [1.807, 2.05) is 25.3 Å². The Labute approximate surface area is 175 Å². The molecule has 0 spiro atoms. The summed E-state index contributed by atoms with van der Waals surface area (Å²) >= 11 is 5.95. The average Bonchev–Trinajstić information content (AvgIpc) is 3.11. The Morgan fingerprint density at radius 3 is 2.48 bits per heavy atom. The minimum Gasteiger partial charge on any atom is -0.345 e. The monoisotopic (exact) mass is 413 g/mol. The molecular weight excluding hydrogens is 390 g/mol. The van der Waals surface area contributed by atoms with Gasteiger partial charge in [0.2, 0.25) is 0 Å². The van der Waals surface area contributed by atoms with Gasteiger partial charge in [0.05, 0.1) is 6.54 Å². The first-order valence-corrected chi connectivity index (χ1v) is 9.84. The van der Waals surface area contributed by atoms with Crippen molar-refractivity contribution < 1.29 is 14.4 Å². The van der Waals surface area contributed by atoms with Crippen LogP contribution >= 0.6 is 11.6 Å². The van der Waals surface area contributed by atoms with Gasteiger partial charge in [0.25, 0.3) is 5.91 Å². The number of aryl methyl sites for hydroxylation is 1. The molecule has 7 heteroatoms. The molecule has 3 rings (SSSR count). The highest BCUT2D eigenvalue weighted by atomic mass is 35.5. The van der Waals surface area contributed by atoms with Gasteiger partial charge in [-0.3, -0.25) is 14.5 Å². The van der Waals surface area contributed by atoms with Crippen LogP contribution < -0.4 is 5.32 Å². The molecule has 2 heterocycles. The van der Waals surface area contributed by atoms with Gasteiger partial charge >= 0.3 is 6.03 Å². The van der Waals surface area contributed by atoms with Gasteiger partial charge in [-0.1, -0.05) is 36.7 Å². The summed E-state index contributed by atoms with van der Waals surface area (Å²) in [6.07, 6.45) is 2.12. The Morgan fingerprint density at radius 2 is 1.90 bits per heavy atom. The van der Waals surface area contributed by atoms with Gasteiger partial charge in [0, 0.05) is 28.5 Å². The van der Waals surface area contributed by atoms with E-state index in [1.54, 1.807) is 36.4 Å².